The minimum absolute atomic E-state index is 0.0738. The third-order valence-electron chi connectivity index (χ3n) is 2.23. The van der Waals surface area contributed by atoms with Crippen LogP contribution >= 0.6 is 10.7 Å². The molecule has 0 aromatic rings. The van der Waals surface area contributed by atoms with E-state index in [9.17, 15) is 21.6 Å². The van der Waals surface area contributed by atoms with Crippen molar-refractivity contribution < 1.29 is 21.6 Å². The number of carbonyl (C=O) groups excluding carboxylic acids is 1. The van der Waals surface area contributed by atoms with E-state index in [4.69, 9.17) is 10.7 Å². The largest absolute Gasteiger partial charge is 0.298 e. The zero-order chi connectivity index (χ0) is 11.7. The average molecular weight is 275 g/mol. The second kappa shape index (κ2) is 4.39. The van der Waals surface area contributed by atoms with Gasteiger partial charge >= 0.3 is 0 Å². The highest BCUT2D eigenvalue weighted by Gasteiger charge is 2.31. The first-order chi connectivity index (χ1) is 6.70. The van der Waals surface area contributed by atoms with Crippen LogP contribution in [-0.2, 0) is 23.7 Å². The van der Waals surface area contributed by atoms with Crippen molar-refractivity contribution in [1.29, 1.82) is 0 Å². The molecule has 8 heteroatoms. The molecule has 1 atom stereocenters. The summed E-state index contributed by atoms with van der Waals surface area (Å²) < 4.78 is 43.7. The molecule has 5 nitrogen and oxygen atoms in total. The molecule has 1 rings (SSSR count). The topological polar surface area (TPSA) is 85.3 Å². The van der Waals surface area contributed by atoms with Gasteiger partial charge in [0.2, 0.25) is 9.05 Å². The number of sulfone groups is 1. The Morgan fingerprint density at radius 1 is 1.40 bits per heavy atom. The summed E-state index contributed by atoms with van der Waals surface area (Å²) in [5.41, 5.74) is 0. The highest BCUT2D eigenvalue weighted by Crippen LogP contribution is 2.20. The van der Waals surface area contributed by atoms with Gasteiger partial charge in [0, 0.05) is 16.6 Å². The Morgan fingerprint density at radius 2 is 2.00 bits per heavy atom. The number of hydrogen-bond donors (Lipinski definition) is 0. The van der Waals surface area contributed by atoms with Crippen LogP contribution in [0.25, 0.3) is 0 Å². The molecule has 1 unspecified atom stereocenters. The van der Waals surface area contributed by atoms with Crippen molar-refractivity contribution in [2.75, 3.05) is 17.3 Å². The number of halogens is 1. The van der Waals surface area contributed by atoms with Crippen molar-refractivity contribution >= 4 is 35.4 Å². The fraction of sp³-hybridized carbons (Fsp3) is 0.857. The van der Waals surface area contributed by atoms with Gasteiger partial charge in [0.25, 0.3) is 0 Å². The maximum atomic E-state index is 11.4. The van der Waals surface area contributed by atoms with Crippen molar-refractivity contribution in [1.82, 2.24) is 0 Å². The van der Waals surface area contributed by atoms with E-state index in [-0.39, 0.29) is 11.5 Å². The Bertz CT molecular complexity index is 450. The molecule has 1 aliphatic rings. The quantitative estimate of drug-likeness (QED) is 0.674. The fourth-order valence-corrected chi connectivity index (χ4v) is 4.20. The summed E-state index contributed by atoms with van der Waals surface area (Å²) >= 11 is 0. The number of ketones is 1. The summed E-state index contributed by atoms with van der Waals surface area (Å²) in [4.78, 5) is 11.4. The Labute approximate surface area is 93.1 Å². The van der Waals surface area contributed by atoms with Crippen molar-refractivity contribution in [3.63, 3.8) is 0 Å². The monoisotopic (exact) mass is 274 g/mol. The molecule has 1 aliphatic heterocycles. The first-order valence-electron chi connectivity index (χ1n) is 4.35. The minimum atomic E-state index is -3.88. The van der Waals surface area contributed by atoms with Gasteiger partial charge in [0.05, 0.1) is 11.5 Å². The van der Waals surface area contributed by atoms with Crippen LogP contribution in [0.2, 0.25) is 0 Å². The molecule has 0 saturated carbocycles. The lowest BCUT2D eigenvalue weighted by Gasteiger charge is -2.19. The molecule has 88 valence electrons. The molecule has 0 amide bonds. The van der Waals surface area contributed by atoms with E-state index in [2.05, 4.69) is 0 Å². The van der Waals surface area contributed by atoms with Crippen molar-refractivity contribution in [3.05, 3.63) is 0 Å². The predicted octanol–water partition coefficient (Wildman–Crippen LogP) is -0.0511. The van der Waals surface area contributed by atoms with Crippen LogP contribution in [0.3, 0.4) is 0 Å². The second-order valence-corrected chi connectivity index (χ2v) is 8.61. The summed E-state index contributed by atoms with van der Waals surface area (Å²) in [6, 6.07) is 0. The molecule has 0 spiro atoms. The molecule has 0 radical (unpaired) electrons. The molecule has 0 aliphatic carbocycles. The Hall–Kier alpha value is -0.140. The lowest BCUT2D eigenvalue weighted by atomic mass is 10.0. The number of rotatable bonds is 3. The number of hydrogen-bond acceptors (Lipinski definition) is 5. The predicted molar refractivity (Wildman–Crippen MR) is 56.0 cm³/mol. The van der Waals surface area contributed by atoms with Crippen molar-refractivity contribution in [2.45, 2.75) is 12.8 Å². The Morgan fingerprint density at radius 3 is 2.47 bits per heavy atom. The van der Waals surface area contributed by atoms with E-state index in [1.54, 1.807) is 0 Å². The fourth-order valence-electron chi connectivity index (χ4n) is 1.56. The first kappa shape index (κ1) is 12.9. The van der Waals surface area contributed by atoms with Gasteiger partial charge in [-0.15, -0.1) is 0 Å². The number of Topliss-reactive ketones (excluding diaryl/α,β-unsaturated/α-hetero) is 1. The van der Waals surface area contributed by atoms with Gasteiger partial charge in [-0.25, -0.2) is 16.8 Å². The highest BCUT2D eigenvalue weighted by atomic mass is 35.7. The highest BCUT2D eigenvalue weighted by molar-refractivity contribution is 8.14. The zero-order valence-electron chi connectivity index (χ0n) is 7.85. The van der Waals surface area contributed by atoms with Crippen molar-refractivity contribution in [2.24, 2.45) is 5.92 Å². The molecule has 0 aromatic heterocycles. The maximum absolute atomic E-state index is 11.4. The zero-order valence-corrected chi connectivity index (χ0v) is 10.2. The van der Waals surface area contributed by atoms with Gasteiger partial charge in [-0.05, 0) is 12.8 Å². The summed E-state index contributed by atoms with van der Waals surface area (Å²) in [5, 5.41) is 0. The number of carbonyl (C=O) groups is 1. The average Bonchev–Trinajstić information content (AvgIpc) is 1.99. The summed E-state index contributed by atoms with van der Waals surface area (Å²) in [7, 11) is -2.15. The van der Waals surface area contributed by atoms with Crippen LogP contribution in [0.1, 0.15) is 12.8 Å². The van der Waals surface area contributed by atoms with Crippen LogP contribution in [0.4, 0.5) is 0 Å². The normalized spacial score (nSPS) is 26.1. The Kier molecular flexibility index (Phi) is 3.78. The maximum Gasteiger partial charge on any atom is 0.239 e. The smallest absolute Gasteiger partial charge is 0.239 e. The van der Waals surface area contributed by atoms with E-state index < -0.39 is 36.3 Å². The van der Waals surface area contributed by atoms with Gasteiger partial charge in [-0.1, -0.05) is 0 Å². The van der Waals surface area contributed by atoms with Gasteiger partial charge in [0.15, 0.2) is 15.6 Å². The first-order valence-corrected chi connectivity index (χ1v) is 8.65. The summed E-state index contributed by atoms with van der Waals surface area (Å²) in [6.07, 6.45) is 0.825. The van der Waals surface area contributed by atoms with Gasteiger partial charge in [0.1, 0.15) is 5.75 Å². The summed E-state index contributed by atoms with van der Waals surface area (Å²) in [5.74, 6) is -2.28. The standard InChI is InChI=1S/C7H11ClO5S2/c8-15(12,13)5-7(9)6-2-1-3-14(10,11)4-6/h6H,1-5H2. The molecule has 1 saturated heterocycles. The van der Waals surface area contributed by atoms with Crippen LogP contribution < -0.4 is 0 Å². The molecular formula is C7H11ClO5S2. The van der Waals surface area contributed by atoms with Crippen LogP contribution in [0.15, 0.2) is 0 Å². The van der Waals surface area contributed by atoms with E-state index in [1.165, 1.54) is 0 Å². The van der Waals surface area contributed by atoms with Crippen LogP contribution in [-0.4, -0.2) is 39.9 Å². The van der Waals surface area contributed by atoms with Gasteiger partial charge < -0.3 is 0 Å². The van der Waals surface area contributed by atoms with Crippen LogP contribution in [0, 0.1) is 5.92 Å². The van der Waals surface area contributed by atoms with Crippen LogP contribution in [0.5, 0.6) is 0 Å². The molecule has 1 fully saturated rings. The third kappa shape index (κ3) is 4.48. The molecule has 0 aromatic carbocycles. The van der Waals surface area contributed by atoms with Gasteiger partial charge in [-0.3, -0.25) is 4.79 Å². The van der Waals surface area contributed by atoms with E-state index >= 15 is 0 Å². The molecule has 0 N–H and O–H groups in total. The summed E-state index contributed by atoms with van der Waals surface area (Å²) in [6.45, 7) is 0. The van der Waals surface area contributed by atoms with E-state index in [1.807, 2.05) is 0 Å². The van der Waals surface area contributed by atoms with E-state index in [0.29, 0.717) is 12.8 Å². The van der Waals surface area contributed by atoms with Gasteiger partial charge in [-0.2, -0.15) is 0 Å². The molecule has 1 heterocycles. The third-order valence-corrected chi connectivity index (χ3v) is 5.01. The lowest BCUT2D eigenvalue weighted by Crippen LogP contribution is -2.33. The molecule has 15 heavy (non-hydrogen) atoms. The molecular weight excluding hydrogens is 264 g/mol. The Balaban J connectivity index is 2.69. The SMILES string of the molecule is O=C(CS(=O)(=O)Cl)C1CCCS(=O)(=O)C1. The lowest BCUT2D eigenvalue weighted by molar-refractivity contribution is -0.120. The minimum Gasteiger partial charge on any atom is -0.298 e. The van der Waals surface area contributed by atoms with E-state index in [0.717, 1.165) is 0 Å². The van der Waals surface area contributed by atoms with Crippen molar-refractivity contribution in [3.8, 4) is 0 Å². The molecule has 0 bridgehead atoms. The second-order valence-electron chi connectivity index (χ2n) is 3.60.